The lowest BCUT2D eigenvalue weighted by atomic mass is 9.85. The maximum atomic E-state index is 13.0. The lowest BCUT2D eigenvalue weighted by Gasteiger charge is -2.21. The summed E-state index contributed by atoms with van der Waals surface area (Å²) in [6.07, 6.45) is 2.81. The minimum absolute atomic E-state index is 0.0524. The molecule has 1 fully saturated rings. The molecule has 1 aliphatic rings. The van der Waals surface area contributed by atoms with Crippen molar-refractivity contribution in [3.8, 4) is 0 Å². The molecule has 0 saturated heterocycles. The first kappa shape index (κ1) is 20.0. The Kier molecular flexibility index (Phi) is 4.59. The van der Waals surface area contributed by atoms with Crippen molar-refractivity contribution in [3.05, 3.63) is 53.6 Å². The summed E-state index contributed by atoms with van der Waals surface area (Å²) in [6.45, 7) is 6.51. The smallest absolute Gasteiger partial charge is 0.236 e. The highest BCUT2D eigenvalue weighted by Gasteiger charge is 2.51. The molecule has 0 bridgehead atoms. The summed E-state index contributed by atoms with van der Waals surface area (Å²) in [6, 6.07) is 13.2. The summed E-state index contributed by atoms with van der Waals surface area (Å²) in [7, 11) is -3.28. The average molecular weight is 429 g/mol. The molecule has 1 saturated carbocycles. The number of aromatic nitrogens is 1. The second-order valence-corrected chi connectivity index (χ2v) is 11.8. The number of carbonyl (C=O) groups is 1. The van der Waals surface area contributed by atoms with E-state index in [1.807, 2.05) is 0 Å². The number of fused-ring (bicyclic) bond motifs is 1. The lowest BCUT2D eigenvalue weighted by Crippen LogP contribution is -2.27. The molecular formula is C22H24N2O3S2. The summed E-state index contributed by atoms with van der Waals surface area (Å²) in [5.74, 6) is -0.0524. The fourth-order valence-corrected chi connectivity index (χ4v) is 5.09. The standard InChI is InChI=1S/C22H24N2O3S2/c1-21(2,3)14-5-7-15(8-6-14)22(11-12-22)19(25)24-20-23-17-10-9-16(29(4,26)27)13-18(17)28-20/h5-10,13H,11-12H2,1-4H3,(H,23,24,25). The van der Waals surface area contributed by atoms with Crippen LogP contribution in [0.15, 0.2) is 47.4 Å². The van der Waals surface area contributed by atoms with Crippen LogP contribution in [0, 0.1) is 0 Å². The van der Waals surface area contributed by atoms with Crippen LogP contribution in [0.4, 0.5) is 5.13 Å². The van der Waals surface area contributed by atoms with Crippen LogP contribution in [-0.4, -0.2) is 25.6 Å². The second kappa shape index (κ2) is 6.64. The van der Waals surface area contributed by atoms with Gasteiger partial charge in [0, 0.05) is 6.26 Å². The third-order valence-electron chi connectivity index (χ3n) is 5.50. The van der Waals surface area contributed by atoms with Crippen molar-refractivity contribution in [2.45, 2.75) is 49.3 Å². The first-order valence-electron chi connectivity index (χ1n) is 9.52. The maximum Gasteiger partial charge on any atom is 0.236 e. The number of anilines is 1. The SMILES string of the molecule is CC(C)(C)c1ccc(C2(C(=O)Nc3nc4ccc(S(C)(=O)=O)cc4s3)CC2)cc1. The van der Waals surface area contributed by atoms with Crippen LogP contribution in [0.25, 0.3) is 10.2 Å². The minimum atomic E-state index is -3.28. The molecule has 1 aromatic heterocycles. The van der Waals surface area contributed by atoms with E-state index in [0.717, 1.165) is 23.1 Å². The van der Waals surface area contributed by atoms with Crippen molar-refractivity contribution in [2.24, 2.45) is 0 Å². The number of amides is 1. The summed E-state index contributed by atoms with van der Waals surface area (Å²) in [5.41, 5.74) is 2.53. The third-order valence-corrected chi connectivity index (χ3v) is 7.54. The molecule has 1 amide bonds. The molecule has 7 heteroatoms. The van der Waals surface area contributed by atoms with Gasteiger partial charge in [0.05, 0.1) is 20.5 Å². The van der Waals surface area contributed by atoms with E-state index in [2.05, 4.69) is 55.3 Å². The minimum Gasteiger partial charge on any atom is -0.301 e. The van der Waals surface area contributed by atoms with Gasteiger partial charge in [-0.05, 0) is 47.6 Å². The fraction of sp³-hybridized carbons (Fsp3) is 0.364. The van der Waals surface area contributed by atoms with E-state index in [1.165, 1.54) is 23.2 Å². The average Bonchev–Trinajstić information content (AvgIpc) is 3.35. The van der Waals surface area contributed by atoms with E-state index in [1.54, 1.807) is 18.2 Å². The number of sulfone groups is 1. The summed E-state index contributed by atoms with van der Waals surface area (Å²) in [5, 5.41) is 3.45. The van der Waals surface area contributed by atoms with Gasteiger partial charge in [0.2, 0.25) is 5.91 Å². The normalized spacial score (nSPS) is 16.0. The van der Waals surface area contributed by atoms with E-state index < -0.39 is 15.3 Å². The Morgan fingerprint density at radius 3 is 2.31 bits per heavy atom. The van der Waals surface area contributed by atoms with Crippen LogP contribution in [0.2, 0.25) is 0 Å². The van der Waals surface area contributed by atoms with Crippen molar-refractivity contribution in [2.75, 3.05) is 11.6 Å². The molecule has 152 valence electrons. The first-order valence-corrected chi connectivity index (χ1v) is 12.2. The van der Waals surface area contributed by atoms with Crippen molar-refractivity contribution in [1.82, 2.24) is 4.98 Å². The number of nitrogens with zero attached hydrogens (tertiary/aromatic N) is 1. The van der Waals surface area contributed by atoms with E-state index in [0.29, 0.717) is 10.6 Å². The Hall–Kier alpha value is -2.25. The molecule has 0 aliphatic heterocycles. The molecule has 0 spiro atoms. The topological polar surface area (TPSA) is 76.1 Å². The predicted molar refractivity (Wildman–Crippen MR) is 117 cm³/mol. The van der Waals surface area contributed by atoms with Crippen LogP contribution >= 0.6 is 11.3 Å². The van der Waals surface area contributed by atoms with Crippen molar-refractivity contribution < 1.29 is 13.2 Å². The van der Waals surface area contributed by atoms with Crippen molar-refractivity contribution in [1.29, 1.82) is 0 Å². The van der Waals surface area contributed by atoms with Gasteiger partial charge in [0.25, 0.3) is 0 Å². The zero-order valence-electron chi connectivity index (χ0n) is 16.9. The number of thiazole rings is 1. The molecule has 4 rings (SSSR count). The zero-order chi connectivity index (χ0) is 21.0. The van der Waals surface area contributed by atoms with Gasteiger partial charge in [-0.2, -0.15) is 0 Å². The van der Waals surface area contributed by atoms with Gasteiger partial charge >= 0.3 is 0 Å². The van der Waals surface area contributed by atoms with Crippen molar-refractivity contribution in [3.63, 3.8) is 0 Å². The van der Waals surface area contributed by atoms with Crippen molar-refractivity contribution >= 4 is 42.4 Å². The zero-order valence-corrected chi connectivity index (χ0v) is 18.6. The molecule has 1 N–H and O–H groups in total. The highest BCUT2D eigenvalue weighted by atomic mass is 32.2. The Bertz CT molecular complexity index is 1200. The number of nitrogens with one attached hydrogen (secondary N) is 1. The second-order valence-electron chi connectivity index (χ2n) is 8.78. The quantitative estimate of drug-likeness (QED) is 0.655. The number of rotatable bonds is 4. The highest BCUT2D eigenvalue weighted by molar-refractivity contribution is 7.90. The van der Waals surface area contributed by atoms with E-state index in [-0.39, 0.29) is 16.2 Å². The monoisotopic (exact) mass is 428 g/mol. The summed E-state index contributed by atoms with van der Waals surface area (Å²) in [4.78, 5) is 17.7. The number of benzene rings is 2. The third kappa shape index (κ3) is 3.81. The molecular weight excluding hydrogens is 404 g/mol. The lowest BCUT2D eigenvalue weighted by molar-refractivity contribution is -0.118. The predicted octanol–water partition coefficient (Wildman–Crippen LogP) is 4.67. The van der Waals surface area contributed by atoms with E-state index >= 15 is 0 Å². The highest BCUT2D eigenvalue weighted by Crippen LogP contribution is 2.49. The molecule has 0 atom stereocenters. The van der Waals surface area contributed by atoms with Crippen LogP contribution in [-0.2, 0) is 25.5 Å². The van der Waals surface area contributed by atoms with Gasteiger partial charge in [-0.3, -0.25) is 4.79 Å². The van der Waals surface area contributed by atoms with Gasteiger partial charge in [-0.15, -0.1) is 0 Å². The van der Waals surface area contributed by atoms with Gasteiger partial charge in [0.15, 0.2) is 15.0 Å². The molecule has 1 aliphatic carbocycles. The van der Waals surface area contributed by atoms with Crippen LogP contribution in [0.5, 0.6) is 0 Å². The Labute approximate surface area is 175 Å². The van der Waals surface area contributed by atoms with Gasteiger partial charge < -0.3 is 5.32 Å². The van der Waals surface area contributed by atoms with Crippen LogP contribution in [0.1, 0.15) is 44.7 Å². The van der Waals surface area contributed by atoms with E-state index in [4.69, 9.17) is 0 Å². The fourth-order valence-electron chi connectivity index (χ4n) is 3.47. The largest absolute Gasteiger partial charge is 0.301 e. The van der Waals surface area contributed by atoms with E-state index in [9.17, 15) is 13.2 Å². The molecule has 0 unspecified atom stereocenters. The number of hydrogen-bond donors (Lipinski definition) is 1. The Morgan fingerprint density at radius 1 is 1.10 bits per heavy atom. The van der Waals surface area contributed by atoms with Gasteiger partial charge in [0.1, 0.15) is 0 Å². The molecule has 3 aromatic rings. The molecule has 5 nitrogen and oxygen atoms in total. The molecule has 1 heterocycles. The first-order chi connectivity index (χ1) is 13.5. The van der Waals surface area contributed by atoms with Crippen LogP contribution < -0.4 is 5.32 Å². The Morgan fingerprint density at radius 2 is 1.76 bits per heavy atom. The number of hydrogen-bond acceptors (Lipinski definition) is 5. The van der Waals surface area contributed by atoms with Gasteiger partial charge in [-0.25, -0.2) is 13.4 Å². The summed E-state index contributed by atoms with van der Waals surface area (Å²) >= 11 is 1.29. The maximum absolute atomic E-state index is 13.0. The number of carbonyl (C=O) groups excluding carboxylic acids is 1. The molecule has 2 aromatic carbocycles. The molecule has 0 radical (unpaired) electrons. The van der Waals surface area contributed by atoms with Gasteiger partial charge in [-0.1, -0.05) is 56.4 Å². The summed E-state index contributed by atoms with van der Waals surface area (Å²) < 4.78 is 24.3. The Balaban J connectivity index is 1.57. The molecule has 29 heavy (non-hydrogen) atoms. The van der Waals surface area contributed by atoms with Crippen LogP contribution in [0.3, 0.4) is 0 Å².